The van der Waals surface area contributed by atoms with Crippen LogP contribution in [0.25, 0.3) is 0 Å². The van der Waals surface area contributed by atoms with Crippen LogP contribution in [-0.2, 0) is 0 Å². The van der Waals surface area contributed by atoms with E-state index in [0.29, 0.717) is 44.2 Å². The SMILES string of the molecule is CC(C)(O)CC[C@H](O)[C@](C)(O)[C@@H]1CC[C@@]2(O)C3=C/C(=N/O)[C@@H]4C[C@@H](O)[C@@H](O)C[C@]4(C)[C@H]3CC[C@]12C. The number of aliphatic hydroxyl groups is 6. The van der Waals surface area contributed by atoms with E-state index in [-0.39, 0.29) is 24.2 Å². The molecule has 3 saturated carbocycles. The predicted octanol–water partition coefficient (Wildman–Crippen LogP) is 2.12. The lowest BCUT2D eigenvalue weighted by atomic mass is 9.45. The Kier molecular flexibility index (Phi) is 6.56. The highest BCUT2D eigenvalue weighted by atomic mass is 16.4. The van der Waals surface area contributed by atoms with E-state index in [9.17, 15) is 35.8 Å². The highest BCUT2D eigenvalue weighted by Gasteiger charge is 2.68. The summed E-state index contributed by atoms with van der Waals surface area (Å²) in [5.41, 5.74) is -3.66. The van der Waals surface area contributed by atoms with Crippen molar-refractivity contribution in [3.8, 4) is 0 Å². The van der Waals surface area contributed by atoms with E-state index < -0.39 is 45.9 Å². The second-order valence-electron chi connectivity index (χ2n) is 13.3. The molecule has 0 unspecified atom stereocenters. The number of allylic oxidation sites excluding steroid dienone is 1. The fourth-order valence-electron chi connectivity index (χ4n) is 8.44. The van der Waals surface area contributed by atoms with Crippen LogP contribution in [-0.4, -0.2) is 76.7 Å². The quantitative estimate of drug-likeness (QED) is 0.228. The second kappa shape index (κ2) is 8.50. The summed E-state index contributed by atoms with van der Waals surface area (Å²) < 4.78 is 0. The van der Waals surface area contributed by atoms with Crippen molar-refractivity contribution in [1.82, 2.24) is 0 Å². The summed E-state index contributed by atoms with van der Waals surface area (Å²) >= 11 is 0. The second-order valence-corrected chi connectivity index (χ2v) is 13.3. The first-order valence-corrected chi connectivity index (χ1v) is 13.2. The topological polar surface area (TPSA) is 154 Å². The number of oxime groups is 1. The summed E-state index contributed by atoms with van der Waals surface area (Å²) in [6, 6.07) is 0. The number of rotatable bonds is 5. The minimum Gasteiger partial charge on any atom is -0.411 e. The fraction of sp³-hybridized carbons (Fsp3) is 0.889. The molecule has 35 heavy (non-hydrogen) atoms. The maximum atomic E-state index is 12.3. The van der Waals surface area contributed by atoms with Crippen LogP contribution in [0.1, 0.15) is 86.0 Å². The van der Waals surface area contributed by atoms with E-state index >= 15 is 0 Å². The van der Waals surface area contributed by atoms with Crippen LogP contribution in [0.4, 0.5) is 0 Å². The first kappa shape index (κ1) is 27.0. The van der Waals surface area contributed by atoms with Gasteiger partial charge in [0.15, 0.2) is 0 Å². The maximum absolute atomic E-state index is 12.3. The Balaban J connectivity index is 1.70. The molecule has 8 nitrogen and oxygen atoms in total. The van der Waals surface area contributed by atoms with Gasteiger partial charge < -0.3 is 35.8 Å². The van der Waals surface area contributed by atoms with Gasteiger partial charge in [-0.25, -0.2) is 0 Å². The first-order valence-electron chi connectivity index (χ1n) is 13.2. The molecule has 0 amide bonds. The zero-order valence-corrected chi connectivity index (χ0v) is 21.8. The third-order valence-corrected chi connectivity index (χ3v) is 10.7. The Labute approximate surface area is 208 Å². The van der Waals surface area contributed by atoms with Gasteiger partial charge in [-0.05, 0) is 101 Å². The number of hydrogen-bond donors (Lipinski definition) is 7. The van der Waals surface area contributed by atoms with Crippen LogP contribution < -0.4 is 0 Å². The molecule has 10 atom stereocenters. The molecule has 0 aliphatic heterocycles. The van der Waals surface area contributed by atoms with E-state index in [1.54, 1.807) is 26.8 Å². The van der Waals surface area contributed by atoms with Crippen molar-refractivity contribution in [3.63, 3.8) is 0 Å². The minimum atomic E-state index is -1.46. The van der Waals surface area contributed by atoms with Crippen LogP contribution in [0.5, 0.6) is 0 Å². The van der Waals surface area contributed by atoms with Crippen molar-refractivity contribution in [1.29, 1.82) is 0 Å². The van der Waals surface area contributed by atoms with Crippen molar-refractivity contribution in [2.75, 3.05) is 0 Å². The third-order valence-electron chi connectivity index (χ3n) is 10.7. The number of hydrogen-bond acceptors (Lipinski definition) is 8. The van der Waals surface area contributed by atoms with E-state index in [2.05, 4.69) is 12.1 Å². The summed E-state index contributed by atoms with van der Waals surface area (Å²) in [6.07, 6.45) is 2.53. The molecule has 4 rings (SSSR count). The van der Waals surface area contributed by atoms with E-state index in [1.165, 1.54) is 0 Å². The van der Waals surface area contributed by atoms with Crippen molar-refractivity contribution >= 4 is 5.71 Å². The molecule has 4 aliphatic carbocycles. The molecule has 3 fully saturated rings. The van der Waals surface area contributed by atoms with Crippen LogP contribution in [0.2, 0.25) is 0 Å². The molecular weight excluding hydrogens is 450 g/mol. The summed E-state index contributed by atoms with van der Waals surface area (Å²) in [6.45, 7) is 9.04. The molecule has 7 N–H and O–H groups in total. The van der Waals surface area contributed by atoms with Crippen molar-refractivity contribution in [3.05, 3.63) is 11.6 Å². The molecule has 4 aliphatic rings. The molecule has 0 aromatic heterocycles. The van der Waals surface area contributed by atoms with Gasteiger partial charge in [0.2, 0.25) is 0 Å². The van der Waals surface area contributed by atoms with Gasteiger partial charge in [0.05, 0.1) is 40.8 Å². The van der Waals surface area contributed by atoms with Gasteiger partial charge in [0, 0.05) is 11.3 Å². The van der Waals surface area contributed by atoms with E-state index in [1.807, 2.05) is 6.92 Å². The van der Waals surface area contributed by atoms with Gasteiger partial charge in [0.25, 0.3) is 0 Å². The summed E-state index contributed by atoms with van der Waals surface area (Å²) in [5.74, 6) is -0.656. The lowest BCUT2D eigenvalue weighted by Gasteiger charge is -2.61. The van der Waals surface area contributed by atoms with E-state index in [4.69, 9.17) is 0 Å². The number of fused-ring (bicyclic) bond motifs is 5. The van der Waals surface area contributed by atoms with Crippen molar-refractivity contribution in [2.24, 2.45) is 33.7 Å². The summed E-state index contributed by atoms with van der Waals surface area (Å²) in [5, 5.41) is 79.3. The molecule has 0 saturated heterocycles. The van der Waals surface area contributed by atoms with Gasteiger partial charge in [-0.3, -0.25) is 0 Å². The number of nitrogens with zero attached hydrogens (tertiary/aromatic N) is 1. The maximum Gasteiger partial charge on any atom is 0.0920 e. The van der Waals surface area contributed by atoms with Gasteiger partial charge in [-0.2, -0.15) is 0 Å². The monoisotopic (exact) mass is 495 g/mol. The van der Waals surface area contributed by atoms with Crippen LogP contribution in [0, 0.1) is 28.6 Å². The molecule has 0 aromatic rings. The molecule has 0 aromatic carbocycles. The normalized spacial score (nSPS) is 47.3. The van der Waals surface area contributed by atoms with E-state index in [0.717, 1.165) is 12.0 Å². The minimum absolute atomic E-state index is 0.0537. The lowest BCUT2D eigenvalue weighted by molar-refractivity contribution is -0.172. The molecule has 0 bridgehead atoms. The Hall–Kier alpha value is -1.03. The van der Waals surface area contributed by atoms with Gasteiger partial charge >= 0.3 is 0 Å². The van der Waals surface area contributed by atoms with Crippen molar-refractivity contribution in [2.45, 2.75) is 121 Å². The summed E-state index contributed by atoms with van der Waals surface area (Å²) in [4.78, 5) is 0. The zero-order chi connectivity index (χ0) is 26.2. The smallest absolute Gasteiger partial charge is 0.0920 e. The average Bonchev–Trinajstić information content (AvgIpc) is 3.04. The highest BCUT2D eigenvalue weighted by molar-refractivity contribution is 5.99. The fourth-order valence-corrected chi connectivity index (χ4v) is 8.44. The molecule has 0 heterocycles. The molecule has 200 valence electrons. The lowest BCUT2D eigenvalue weighted by Crippen LogP contribution is -2.62. The van der Waals surface area contributed by atoms with Crippen molar-refractivity contribution < 1.29 is 35.8 Å². The molecule has 0 radical (unpaired) electrons. The third kappa shape index (κ3) is 3.99. The standard InChI is InChI=1S/C27H45NO7/c1-23(2,32)9-8-22(31)26(5,33)21-7-11-27(34)16-12-18(28-35)17-13-19(29)20(30)14-24(17,3)15(16)6-10-25(21,27)4/h12,15,17,19-22,29-35H,6-11,13-14H2,1-5H3/b28-18-/t15-,17-,19+,20-,21+,22-,24+,25+,26+,27+/m0/s1. The molecular formula is C27H45NO7. The highest BCUT2D eigenvalue weighted by Crippen LogP contribution is 2.68. The zero-order valence-electron chi connectivity index (χ0n) is 21.8. The Morgan fingerprint density at radius 3 is 2.31 bits per heavy atom. The average molecular weight is 496 g/mol. The largest absolute Gasteiger partial charge is 0.411 e. The molecule has 8 heteroatoms. The Morgan fingerprint density at radius 2 is 1.71 bits per heavy atom. The van der Waals surface area contributed by atoms with Gasteiger partial charge in [0.1, 0.15) is 0 Å². The predicted molar refractivity (Wildman–Crippen MR) is 131 cm³/mol. The van der Waals surface area contributed by atoms with Crippen LogP contribution in [0.15, 0.2) is 16.8 Å². The number of aliphatic hydroxyl groups excluding tert-OH is 3. The Morgan fingerprint density at radius 1 is 1.06 bits per heavy atom. The van der Waals surface area contributed by atoms with Crippen LogP contribution >= 0.6 is 0 Å². The molecule has 0 spiro atoms. The first-order chi connectivity index (χ1) is 16.0. The van der Waals surface area contributed by atoms with Gasteiger partial charge in [-0.15, -0.1) is 0 Å². The Bertz CT molecular complexity index is 894. The summed E-state index contributed by atoms with van der Waals surface area (Å²) in [7, 11) is 0. The van der Waals surface area contributed by atoms with Gasteiger partial charge in [-0.1, -0.05) is 19.0 Å². The van der Waals surface area contributed by atoms with Crippen LogP contribution in [0.3, 0.4) is 0 Å².